The van der Waals surface area contributed by atoms with Crippen LogP contribution in [0.25, 0.3) is 22.0 Å². The van der Waals surface area contributed by atoms with Gasteiger partial charge in [-0.1, -0.05) is 18.2 Å². The van der Waals surface area contributed by atoms with Crippen molar-refractivity contribution in [3.8, 4) is 11.3 Å². The summed E-state index contributed by atoms with van der Waals surface area (Å²) in [6.07, 6.45) is 0. The smallest absolute Gasteiger partial charge is 0.278 e. The second kappa shape index (κ2) is 6.69. The molecule has 4 rings (SSSR count). The number of hydrogen-bond donors (Lipinski definition) is 2. The standard InChI is InChI=1S/C18H10F2N4O2S/c19-9-5-6-13(20)12(7-9)14-8-27-18(21-14)22-17(26)15-10-3-1-2-4-11(10)16(25)24-23-15/h1-8H,(H,24,25)(H,21,22,26). The van der Waals surface area contributed by atoms with E-state index in [4.69, 9.17) is 0 Å². The SMILES string of the molecule is O=C(Nc1nc(-c2cc(F)ccc2F)cs1)c1n[nH]c(=O)c2ccccc12. The van der Waals surface area contributed by atoms with Gasteiger partial charge in [-0.25, -0.2) is 18.9 Å². The van der Waals surface area contributed by atoms with E-state index in [1.165, 1.54) is 5.38 Å². The fourth-order valence-electron chi connectivity index (χ4n) is 2.59. The van der Waals surface area contributed by atoms with Gasteiger partial charge in [-0.3, -0.25) is 14.9 Å². The summed E-state index contributed by atoms with van der Waals surface area (Å²) in [5.74, 6) is -1.79. The van der Waals surface area contributed by atoms with Crippen LogP contribution in [0.4, 0.5) is 13.9 Å². The topological polar surface area (TPSA) is 87.7 Å². The molecule has 27 heavy (non-hydrogen) atoms. The highest BCUT2D eigenvalue weighted by Crippen LogP contribution is 2.28. The number of amides is 1. The molecular weight excluding hydrogens is 374 g/mol. The molecule has 6 nitrogen and oxygen atoms in total. The van der Waals surface area contributed by atoms with Gasteiger partial charge in [-0.2, -0.15) is 5.10 Å². The molecule has 0 saturated carbocycles. The Morgan fingerprint density at radius 2 is 1.89 bits per heavy atom. The molecule has 0 fully saturated rings. The first-order valence-electron chi connectivity index (χ1n) is 7.72. The predicted octanol–water partition coefficient (Wildman–Crippen LogP) is 3.58. The Morgan fingerprint density at radius 3 is 2.70 bits per heavy atom. The van der Waals surface area contributed by atoms with Crippen LogP contribution in [0.2, 0.25) is 0 Å². The average molecular weight is 384 g/mol. The first-order valence-corrected chi connectivity index (χ1v) is 8.60. The molecular formula is C18H10F2N4O2S. The highest BCUT2D eigenvalue weighted by atomic mass is 32.1. The third kappa shape index (κ3) is 3.20. The maximum atomic E-state index is 13.9. The van der Waals surface area contributed by atoms with Gasteiger partial charge >= 0.3 is 0 Å². The normalized spacial score (nSPS) is 10.9. The minimum Gasteiger partial charge on any atom is -0.296 e. The van der Waals surface area contributed by atoms with Gasteiger partial charge in [0.15, 0.2) is 10.8 Å². The lowest BCUT2D eigenvalue weighted by atomic mass is 10.1. The van der Waals surface area contributed by atoms with Crippen LogP contribution in [0.3, 0.4) is 0 Å². The number of halogens is 2. The Labute approximate surface area is 154 Å². The van der Waals surface area contributed by atoms with Crippen molar-refractivity contribution in [1.29, 1.82) is 0 Å². The highest BCUT2D eigenvalue weighted by Gasteiger charge is 2.17. The van der Waals surface area contributed by atoms with Crippen molar-refractivity contribution >= 4 is 33.1 Å². The first-order chi connectivity index (χ1) is 13.0. The summed E-state index contributed by atoms with van der Waals surface area (Å²) >= 11 is 1.06. The summed E-state index contributed by atoms with van der Waals surface area (Å²) in [5.41, 5.74) is -0.176. The van der Waals surface area contributed by atoms with Crippen LogP contribution in [-0.2, 0) is 0 Å². The number of hydrogen-bond acceptors (Lipinski definition) is 5. The fraction of sp³-hybridized carbons (Fsp3) is 0. The zero-order valence-corrected chi connectivity index (χ0v) is 14.3. The third-order valence-corrected chi connectivity index (χ3v) is 4.60. The highest BCUT2D eigenvalue weighted by molar-refractivity contribution is 7.14. The van der Waals surface area contributed by atoms with Gasteiger partial charge in [-0.05, 0) is 24.3 Å². The minimum atomic E-state index is -0.618. The molecule has 0 aliphatic carbocycles. The van der Waals surface area contributed by atoms with Gasteiger partial charge in [0, 0.05) is 16.3 Å². The Morgan fingerprint density at radius 1 is 1.11 bits per heavy atom. The van der Waals surface area contributed by atoms with Crippen LogP contribution >= 0.6 is 11.3 Å². The molecule has 0 spiro atoms. The molecule has 1 amide bonds. The molecule has 2 heterocycles. The number of carbonyl (C=O) groups excluding carboxylic acids is 1. The molecule has 2 N–H and O–H groups in total. The summed E-state index contributed by atoms with van der Waals surface area (Å²) < 4.78 is 27.2. The number of anilines is 1. The molecule has 4 aromatic rings. The molecule has 0 bridgehead atoms. The lowest BCUT2D eigenvalue weighted by Gasteiger charge is -2.04. The second-order valence-electron chi connectivity index (χ2n) is 5.56. The van der Waals surface area contributed by atoms with Crippen LogP contribution in [0, 0.1) is 11.6 Å². The maximum absolute atomic E-state index is 13.9. The number of nitrogens with one attached hydrogen (secondary N) is 2. The number of nitrogens with zero attached hydrogens (tertiary/aromatic N) is 2. The van der Waals surface area contributed by atoms with E-state index in [2.05, 4.69) is 20.5 Å². The van der Waals surface area contributed by atoms with Gasteiger partial charge in [-0.15, -0.1) is 11.3 Å². The largest absolute Gasteiger partial charge is 0.296 e. The molecule has 0 aliphatic heterocycles. The summed E-state index contributed by atoms with van der Waals surface area (Å²) in [6, 6.07) is 9.63. The van der Waals surface area contributed by atoms with Gasteiger partial charge in [0.2, 0.25) is 0 Å². The molecule has 9 heteroatoms. The molecule has 0 aliphatic rings. The lowest BCUT2D eigenvalue weighted by Crippen LogP contribution is -2.19. The van der Waals surface area contributed by atoms with E-state index in [1.54, 1.807) is 24.3 Å². The second-order valence-corrected chi connectivity index (χ2v) is 6.42. The monoisotopic (exact) mass is 384 g/mol. The fourth-order valence-corrected chi connectivity index (χ4v) is 3.30. The summed E-state index contributed by atoms with van der Waals surface area (Å²) in [4.78, 5) is 28.5. The van der Waals surface area contributed by atoms with Crippen molar-refractivity contribution < 1.29 is 13.6 Å². The Kier molecular flexibility index (Phi) is 4.21. The quantitative estimate of drug-likeness (QED) is 0.565. The zero-order chi connectivity index (χ0) is 19.0. The third-order valence-electron chi connectivity index (χ3n) is 3.84. The van der Waals surface area contributed by atoms with Crippen LogP contribution < -0.4 is 10.9 Å². The Hall–Kier alpha value is -3.46. The van der Waals surface area contributed by atoms with Crippen molar-refractivity contribution in [2.24, 2.45) is 0 Å². The Balaban J connectivity index is 1.65. The van der Waals surface area contributed by atoms with E-state index in [-0.39, 0.29) is 22.1 Å². The Bertz CT molecular complexity index is 1240. The number of fused-ring (bicyclic) bond motifs is 1. The first kappa shape index (κ1) is 17.0. The van der Waals surface area contributed by atoms with Crippen LogP contribution in [0.1, 0.15) is 10.5 Å². The van der Waals surface area contributed by atoms with Gasteiger partial charge in [0.25, 0.3) is 11.5 Å². The maximum Gasteiger partial charge on any atom is 0.278 e. The predicted molar refractivity (Wildman–Crippen MR) is 97.8 cm³/mol. The average Bonchev–Trinajstić information content (AvgIpc) is 3.12. The van der Waals surface area contributed by atoms with Crippen molar-refractivity contribution in [3.05, 3.63) is 75.5 Å². The number of thiazole rings is 1. The van der Waals surface area contributed by atoms with Crippen molar-refractivity contribution in [1.82, 2.24) is 15.2 Å². The van der Waals surface area contributed by atoms with Crippen LogP contribution in [-0.4, -0.2) is 21.1 Å². The number of benzene rings is 2. The van der Waals surface area contributed by atoms with Gasteiger partial charge in [0.05, 0.1) is 11.1 Å². The van der Waals surface area contributed by atoms with Crippen molar-refractivity contribution in [3.63, 3.8) is 0 Å². The van der Waals surface area contributed by atoms with E-state index in [0.29, 0.717) is 10.8 Å². The van der Waals surface area contributed by atoms with Crippen molar-refractivity contribution in [2.45, 2.75) is 0 Å². The summed E-state index contributed by atoms with van der Waals surface area (Å²) in [5, 5.41) is 11.1. The van der Waals surface area contributed by atoms with E-state index in [9.17, 15) is 18.4 Å². The molecule has 134 valence electrons. The van der Waals surface area contributed by atoms with E-state index in [1.807, 2.05) is 0 Å². The molecule has 0 atom stereocenters. The molecule has 0 saturated heterocycles. The van der Waals surface area contributed by atoms with E-state index in [0.717, 1.165) is 29.5 Å². The number of H-pyrrole nitrogens is 1. The molecule has 0 radical (unpaired) electrons. The molecule has 0 unspecified atom stereocenters. The zero-order valence-electron chi connectivity index (χ0n) is 13.5. The lowest BCUT2D eigenvalue weighted by molar-refractivity contribution is 0.102. The number of aromatic nitrogens is 3. The molecule has 2 aromatic carbocycles. The molecule has 2 aromatic heterocycles. The van der Waals surface area contributed by atoms with E-state index < -0.39 is 23.1 Å². The number of carbonyl (C=O) groups is 1. The van der Waals surface area contributed by atoms with Crippen LogP contribution in [0.5, 0.6) is 0 Å². The number of aromatic amines is 1. The minimum absolute atomic E-state index is 0.000588. The summed E-state index contributed by atoms with van der Waals surface area (Å²) in [6.45, 7) is 0. The van der Waals surface area contributed by atoms with E-state index >= 15 is 0 Å². The van der Waals surface area contributed by atoms with Gasteiger partial charge < -0.3 is 0 Å². The van der Waals surface area contributed by atoms with Crippen LogP contribution in [0.15, 0.2) is 52.6 Å². The van der Waals surface area contributed by atoms with Gasteiger partial charge in [0.1, 0.15) is 11.6 Å². The summed E-state index contributed by atoms with van der Waals surface area (Å²) in [7, 11) is 0. The number of rotatable bonds is 3. The van der Waals surface area contributed by atoms with Crippen molar-refractivity contribution in [2.75, 3.05) is 5.32 Å².